The summed E-state index contributed by atoms with van der Waals surface area (Å²) in [5, 5.41) is 30.1. The van der Waals surface area contributed by atoms with E-state index in [0.717, 1.165) is 16.1 Å². The molecule has 0 aliphatic carbocycles. The summed E-state index contributed by atoms with van der Waals surface area (Å²) in [5.74, 6) is -1.61. The zero-order chi connectivity index (χ0) is 32.4. The Morgan fingerprint density at radius 2 is 1.95 bits per heavy atom. The molecule has 4 rings (SSSR count). The number of anilines is 1. The van der Waals surface area contributed by atoms with E-state index in [-0.39, 0.29) is 59.5 Å². The lowest BCUT2D eigenvalue weighted by Gasteiger charge is -2.43. The van der Waals surface area contributed by atoms with Gasteiger partial charge in [-0.2, -0.15) is 23.4 Å². The maximum absolute atomic E-state index is 13.2. The number of rotatable bonds is 13. The fourth-order valence-corrected chi connectivity index (χ4v) is 5.09. The quantitative estimate of drug-likeness (QED) is 0.0195. The lowest BCUT2D eigenvalue weighted by molar-refractivity contribution is -0.145. The Bertz CT molecular complexity index is 1620. The zero-order valence-corrected chi connectivity index (χ0v) is 24.1. The average molecular weight is 654 g/mol. The van der Waals surface area contributed by atoms with Crippen LogP contribution in [0.15, 0.2) is 41.0 Å². The molecule has 1 aliphatic rings. The number of nitrogen functional groups attached to an aromatic ring is 2. The number of thiazole rings is 1. The van der Waals surface area contributed by atoms with Crippen molar-refractivity contribution in [2.24, 2.45) is 16.6 Å². The van der Waals surface area contributed by atoms with Gasteiger partial charge in [0.1, 0.15) is 36.0 Å². The monoisotopic (exact) mass is 653 g/mol. The molecule has 3 heterocycles. The van der Waals surface area contributed by atoms with Gasteiger partial charge in [-0.25, -0.2) is 9.29 Å². The summed E-state index contributed by atoms with van der Waals surface area (Å²) in [6.07, 6.45) is 1.35. The largest absolute Gasteiger partial charge is 0.490 e. The molecule has 2 aromatic heterocycles. The van der Waals surface area contributed by atoms with Gasteiger partial charge in [-0.05, 0) is 24.3 Å². The third-order valence-corrected chi connectivity index (χ3v) is 7.21. The lowest BCUT2D eigenvalue weighted by Crippen LogP contribution is -2.73. The van der Waals surface area contributed by atoms with E-state index >= 15 is 0 Å². The summed E-state index contributed by atoms with van der Waals surface area (Å²) in [6, 6.07) is 3.82. The van der Waals surface area contributed by atoms with Crippen molar-refractivity contribution in [2.75, 3.05) is 18.9 Å². The molecule has 20 nitrogen and oxygen atoms in total. The van der Waals surface area contributed by atoms with E-state index in [2.05, 4.69) is 25.7 Å². The van der Waals surface area contributed by atoms with E-state index in [9.17, 15) is 22.6 Å². The Labute approximate surface area is 252 Å². The van der Waals surface area contributed by atoms with Gasteiger partial charge in [0.2, 0.25) is 0 Å². The molecule has 22 heteroatoms. The number of amides is 2. The van der Waals surface area contributed by atoms with Gasteiger partial charge >= 0.3 is 10.3 Å². The second kappa shape index (κ2) is 14.8. The van der Waals surface area contributed by atoms with Gasteiger partial charge in [-0.15, -0.1) is 11.3 Å². The van der Waals surface area contributed by atoms with Crippen LogP contribution in [0.5, 0.6) is 5.75 Å². The van der Waals surface area contributed by atoms with Crippen LogP contribution in [0.1, 0.15) is 17.0 Å². The van der Waals surface area contributed by atoms with Crippen LogP contribution >= 0.6 is 11.3 Å². The molecule has 1 aromatic carbocycles. The first-order chi connectivity index (χ1) is 20.9. The van der Waals surface area contributed by atoms with Crippen molar-refractivity contribution in [3.05, 3.63) is 52.8 Å². The minimum Gasteiger partial charge on any atom is -0.490 e. The molecule has 1 saturated heterocycles. The van der Waals surface area contributed by atoms with Crippen LogP contribution in [0.2, 0.25) is 0 Å². The second-order valence-corrected chi connectivity index (χ2v) is 10.6. The summed E-state index contributed by atoms with van der Waals surface area (Å²) in [7, 11) is -4.95. The predicted octanol–water partition coefficient (Wildman–Crippen LogP) is -2.24. The van der Waals surface area contributed by atoms with E-state index in [1.54, 1.807) is 24.3 Å². The van der Waals surface area contributed by atoms with E-state index in [0.29, 0.717) is 17.0 Å². The molecule has 3 aromatic rings. The normalized spacial score (nSPS) is 16.3. The maximum atomic E-state index is 13.2. The fraction of sp³-hybridized carbons (Fsp3) is 0.273. The van der Waals surface area contributed by atoms with Gasteiger partial charge in [0.25, 0.3) is 18.3 Å². The average Bonchev–Trinajstić information content (AvgIpc) is 3.61. The molecule has 10 N–H and O–H groups in total. The highest BCUT2D eigenvalue weighted by atomic mass is 32.2. The van der Waals surface area contributed by atoms with E-state index < -0.39 is 34.2 Å². The number of ether oxygens (including phenoxy) is 1. The Kier molecular flexibility index (Phi) is 11.2. The molecule has 0 bridgehead atoms. The number of carboxylic acid groups (broad SMARTS) is 1. The molecule has 0 spiro atoms. The number of aromatic nitrogens is 4. The molecular formula is C22H27N11O9S2. The van der Waals surface area contributed by atoms with Crippen molar-refractivity contribution in [3.8, 4) is 5.75 Å². The molecule has 1 fully saturated rings. The number of nitrogens with zero attached hydrogens (tertiary/aromatic N) is 6. The molecule has 1 aliphatic heterocycles. The molecule has 0 saturated carbocycles. The Morgan fingerprint density at radius 3 is 2.50 bits per heavy atom. The number of β-lactam (4-membered cyclic amide) rings is 1. The lowest BCUT2D eigenvalue weighted by atomic mass is 9.98. The predicted molar refractivity (Wildman–Crippen MR) is 153 cm³/mol. The number of nitrogens with two attached hydrogens (primary N) is 3. The second-order valence-electron chi connectivity index (χ2n) is 8.46. The molecule has 44 heavy (non-hydrogen) atoms. The molecular weight excluding hydrogens is 626 g/mol. The van der Waals surface area contributed by atoms with E-state index in [1.807, 2.05) is 0 Å². The number of amidine groups is 1. The van der Waals surface area contributed by atoms with Crippen LogP contribution in [-0.4, -0.2) is 97.5 Å². The highest BCUT2D eigenvalue weighted by molar-refractivity contribution is 7.84. The number of nitrogens with one attached hydrogen (secondary N) is 2. The standard InChI is InChI=1S/C21H25N11O7S2.CH2O2/c22-7-12-8-26-31(29-12)9-15-17(20(34)32(15)41(35,36)37)28-19(33)16(14-10-40-21(25)27-14)30-39-6-5-38-13-3-1-11(2-4-13)18(23)24;2-1-3/h1-4,8,10,15,17H,5-7,9,22H2,(H3,23,24)(H2,25,27)(H,28,33)(H,35,36,37);1H,(H,2,3)/b30-16-;. The zero-order valence-electron chi connectivity index (χ0n) is 22.5. The number of oxime groups is 1. The van der Waals surface area contributed by atoms with E-state index in [1.165, 1.54) is 11.6 Å². The fourth-order valence-electron chi connectivity index (χ4n) is 3.67. The Morgan fingerprint density at radius 1 is 1.27 bits per heavy atom. The maximum Gasteiger partial charge on any atom is 0.362 e. The SMILES string of the molecule is N=C(N)c1ccc(OCCO/N=C(\C(=O)NC2C(=O)N(S(=O)(=O)O)C2Cn2ncc(CN)n2)c2csc(N)n2)cc1.O=CO. The highest BCUT2D eigenvalue weighted by Gasteiger charge is 2.54. The van der Waals surface area contributed by atoms with Crippen LogP contribution in [0.25, 0.3) is 0 Å². The third-order valence-electron chi connectivity index (χ3n) is 5.59. The third kappa shape index (κ3) is 8.43. The van der Waals surface area contributed by atoms with Crippen LogP contribution < -0.4 is 27.3 Å². The first-order valence-electron chi connectivity index (χ1n) is 12.2. The van der Waals surface area contributed by atoms with Crippen molar-refractivity contribution >= 4 is 56.6 Å². The minimum absolute atomic E-state index is 0.0329. The summed E-state index contributed by atoms with van der Waals surface area (Å²) >= 11 is 1.03. The summed E-state index contributed by atoms with van der Waals surface area (Å²) in [5.41, 5.74) is 17.3. The van der Waals surface area contributed by atoms with Crippen molar-refractivity contribution in [1.29, 1.82) is 5.41 Å². The summed E-state index contributed by atoms with van der Waals surface area (Å²) in [6.45, 7) is -0.528. The molecule has 2 amide bonds. The number of carbonyl (C=O) groups excluding carboxylic acids is 2. The number of carbonyl (C=O) groups is 3. The number of benzene rings is 1. The van der Waals surface area contributed by atoms with E-state index in [4.69, 9.17) is 42.1 Å². The topological polar surface area (TPSA) is 317 Å². The summed E-state index contributed by atoms with van der Waals surface area (Å²) in [4.78, 5) is 44.5. The first-order valence-corrected chi connectivity index (χ1v) is 14.4. The van der Waals surface area contributed by atoms with Crippen LogP contribution in [0.3, 0.4) is 0 Å². The van der Waals surface area contributed by atoms with Gasteiger partial charge in [0, 0.05) is 17.5 Å². The Hall–Kier alpha value is -5.19. The van der Waals surface area contributed by atoms with Crippen molar-refractivity contribution in [1.82, 2.24) is 29.6 Å². The molecule has 2 unspecified atom stereocenters. The summed E-state index contributed by atoms with van der Waals surface area (Å²) < 4.78 is 38.9. The van der Waals surface area contributed by atoms with Crippen LogP contribution in [0, 0.1) is 5.41 Å². The van der Waals surface area contributed by atoms with Crippen molar-refractivity contribution < 1.29 is 42.0 Å². The van der Waals surface area contributed by atoms with Gasteiger partial charge in [-0.1, -0.05) is 5.16 Å². The number of hydrogen-bond acceptors (Lipinski definition) is 15. The van der Waals surface area contributed by atoms with Gasteiger partial charge in [0.15, 0.2) is 17.5 Å². The highest BCUT2D eigenvalue weighted by Crippen LogP contribution is 2.25. The molecule has 236 valence electrons. The smallest absolute Gasteiger partial charge is 0.362 e. The first kappa shape index (κ1) is 33.3. The van der Waals surface area contributed by atoms with Crippen LogP contribution in [0.4, 0.5) is 5.13 Å². The molecule has 0 radical (unpaired) electrons. The molecule has 2 atom stereocenters. The Balaban J connectivity index is 0.00000169. The van der Waals surface area contributed by atoms with Crippen LogP contribution in [-0.2, 0) is 42.6 Å². The number of hydrogen-bond donors (Lipinski definition) is 7. The van der Waals surface area contributed by atoms with Gasteiger partial charge < -0.3 is 37.2 Å². The van der Waals surface area contributed by atoms with Gasteiger partial charge in [-0.3, -0.25) is 24.3 Å². The minimum atomic E-state index is -4.95. The van der Waals surface area contributed by atoms with Crippen molar-refractivity contribution in [3.63, 3.8) is 0 Å². The van der Waals surface area contributed by atoms with Crippen molar-refractivity contribution in [2.45, 2.75) is 25.2 Å². The van der Waals surface area contributed by atoms with Gasteiger partial charge in [0.05, 0.1) is 18.4 Å².